The molecule has 9 heteroatoms. The number of amides is 1. The van der Waals surface area contributed by atoms with E-state index in [1.165, 1.54) is 12.1 Å². The molecular formula is C19H19N3O6. The predicted molar refractivity (Wildman–Crippen MR) is 98.6 cm³/mol. The van der Waals surface area contributed by atoms with E-state index in [1.54, 1.807) is 6.07 Å². The Bertz CT molecular complexity index is 972. The normalized spacial score (nSPS) is 13.1. The van der Waals surface area contributed by atoms with Gasteiger partial charge in [0.15, 0.2) is 5.69 Å². The van der Waals surface area contributed by atoms with Gasteiger partial charge in [-0.1, -0.05) is 36.4 Å². The maximum atomic E-state index is 11.7. The van der Waals surface area contributed by atoms with Crippen molar-refractivity contribution in [2.45, 2.75) is 18.8 Å². The second-order valence-corrected chi connectivity index (χ2v) is 6.14. The SMILES string of the molecule is O=C(NCC(O)C(O)c1ccc2[nH]nc(C(=O)O)c2c1)OCc1ccccc1. The molecule has 0 fully saturated rings. The number of aromatic amines is 1. The lowest BCUT2D eigenvalue weighted by molar-refractivity contribution is 0.0185. The Balaban J connectivity index is 1.57. The van der Waals surface area contributed by atoms with Crippen LogP contribution in [0.1, 0.15) is 27.7 Å². The fourth-order valence-electron chi connectivity index (χ4n) is 2.67. The molecule has 1 aromatic heterocycles. The summed E-state index contributed by atoms with van der Waals surface area (Å²) in [7, 11) is 0. The minimum absolute atomic E-state index is 0.0838. The van der Waals surface area contributed by atoms with E-state index in [-0.39, 0.29) is 18.8 Å². The molecule has 0 aliphatic carbocycles. The highest BCUT2D eigenvalue weighted by Gasteiger charge is 2.21. The summed E-state index contributed by atoms with van der Waals surface area (Å²) in [5.74, 6) is -1.21. The molecule has 2 atom stereocenters. The molecule has 2 aromatic carbocycles. The Kier molecular flexibility index (Phi) is 5.87. The second kappa shape index (κ2) is 8.51. The topological polar surface area (TPSA) is 145 Å². The summed E-state index contributed by atoms with van der Waals surface area (Å²) in [6.45, 7) is -0.162. The highest BCUT2D eigenvalue weighted by atomic mass is 16.5. The van der Waals surface area contributed by atoms with Gasteiger partial charge in [0.25, 0.3) is 0 Å². The smallest absolute Gasteiger partial charge is 0.407 e. The maximum Gasteiger partial charge on any atom is 0.407 e. The molecule has 0 aliphatic heterocycles. The Morgan fingerprint density at radius 2 is 1.89 bits per heavy atom. The van der Waals surface area contributed by atoms with Crippen molar-refractivity contribution in [3.05, 3.63) is 65.4 Å². The van der Waals surface area contributed by atoms with Gasteiger partial charge in [-0.2, -0.15) is 5.10 Å². The molecule has 0 aliphatic rings. The van der Waals surface area contributed by atoms with Gasteiger partial charge < -0.3 is 25.4 Å². The Hall–Kier alpha value is -3.43. The van der Waals surface area contributed by atoms with E-state index < -0.39 is 24.3 Å². The van der Waals surface area contributed by atoms with Crippen molar-refractivity contribution < 1.29 is 29.6 Å². The van der Waals surface area contributed by atoms with Gasteiger partial charge in [0.05, 0.1) is 5.52 Å². The van der Waals surface area contributed by atoms with Crippen molar-refractivity contribution in [1.29, 1.82) is 0 Å². The molecule has 2 unspecified atom stereocenters. The van der Waals surface area contributed by atoms with Gasteiger partial charge in [0.1, 0.15) is 18.8 Å². The Morgan fingerprint density at radius 1 is 1.14 bits per heavy atom. The van der Waals surface area contributed by atoms with Crippen LogP contribution in [0.2, 0.25) is 0 Å². The van der Waals surface area contributed by atoms with Crippen LogP contribution >= 0.6 is 0 Å². The van der Waals surface area contributed by atoms with Crippen LogP contribution in [-0.2, 0) is 11.3 Å². The number of carbonyl (C=O) groups is 2. The third kappa shape index (κ3) is 4.45. The van der Waals surface area contributed by atoms with E-state index in [4.69, 9.17) is 9.84 Å². The van der Waals surface area contributed by atoms with Gasteiger partial charge in [-0.25, -0.2) is 9.59 Å². The first kappa shape index (κ1) is 19.3. The number of aliphatic hydroxyl groups is 2. The van der Waals surface area contributed by atoms with Gasteiger partial charge in [0, 0.05) is 11.9 Å². The number of hydrogen-bond acceptors (Lipinski definition) is 6. The quantitative estimate of drug-likeness (QED) is 0.415. The molecule has 3 aromatic rings. The van der Waals surface area contributed by atoms with E-state index in [1.807, 2.05) is 30.3 Å². The Labute approximate surface area is 159 Å². The number of alkyl carbamates (subject to hydrolysis) is 1. The van der Waals surface area contributed by atoms with Crippen LogP contribution in [0.5, 0.6) is 0 Å². The van der Waals surface area contributed by atoms with Crippen molar-refractivity contribution in [3.63, 3.8) is 0 Å². The molecule has 1 amide bonds. The van der Waals surface area contributed by atoms with Crippen molar-refractivity contribution in [2.75, 3.05) is 6.54 Å². The van der Waals surface area contributed by atoms with E-state index in [9.17, 15) is 19.8 Å². The standard InChI is InChI=1S/C19H19N3O6/c23-15(9-20-19(27)28-10-11-4-2-1-3-5-11)17(24)12-6-7-14-13(8-12)16(18(25)26)22-21-14/h1-8,15,17,23-24H,9-10H2,(H,20,27)(H,21,22)(H,25,26). The number of aromatic carboxylic acids is 1. The summed E-state index contributed by atoms with van der Waals surface area (Å²) in [4.78, 5) is 22.9. The molecule has 0 saturated heterocycles. The van der Waals surface area contributed by atoms with Gasteiger partial charge in [-0.3, -0.25) is 5.10 Å². The number of nitrogens with zero attached hydrogens (tertiary/aromatic N) is 1. The molecule has 1 heterocycles. The van der Waals surface area contributed by atoms with Crippen LogP contribution in [0.25, 0.3) is 10.9 Å². The molecule has 28 heavy (non-hydrogen) atoms. The first-order chi connectivity index (χ1) is 13.5. The number of aromatic nitrogens is 2. The first-order valence-corrected chi connectivity index (χ1v) is 8.47. The van der Waals surface area contributed by atoms with E-state index >= 15 is 0 Å². The molecule has 0 saturated carbocycles. The number of carboxylic acid groups (broad SMARTS) is 1. The molecular weight excluding hydrogens is 366 g/mol. The number of ether oxygens (including phenoxy) is 1. The fourth-order valence-corrected chi connectivity index (χ4v) is 2.67. The number of hydrogen-bond donors (Lipinski definition) is 5. The number of carbonyl (C=O) groups excluding carboxylic acids is 1. The summed E-state index contributed by atoms with van der Waals surface area (Å²) in [6.07, 6.45) is -3.38. The minimum Gasteiger partial charge on any atom is -0.476 e. The second-order valence-electron chi connectivity index (χ2n) is 6.14. The number of H-pyrrole nitrogens is 1. The van der Waals surface area contributed by atoms with Gasteiger partial charge in [-0.15, -0.1) is 0 Å². The van der Waals surface area contributed by atoms with E-state index in [0.29, 0.717) is 16.5 Å². The lowest BCUT2D eigenvalue weighted by Gasteiger charge is -2.18. The average molecular weight is 385 g/mol. The molecule has 0 bridgehead atoms. The van der Waals surface area contributed by atoms with Crippen molar-refractivity contribution >= 4 is 23.0 Å². The van der Waals surface area contributed by atoms with Gasteiger partial charge in [0.2, 0.25) is 0 Å². The number of carboxylic acids is 1. The van der Waals surface area contributed by atoms with Crippen LogP contribution in [0.3, 0.4) is 0 Å². The zero-order valence-electron chi connectivity index (χ0n) is 14.7. The molecule has 5 N–H and O–H groups in total. The first-order valence-electron chi connectivity index (χ1n) is 8.47. The monoisotopic (exact) mass is 385 g/mol. The highest BCUT2D eigenvalue weighted by Crippen LogP contribution is 2.23. The van der Waals surface area contributed by atoms with Crippen LogP contribution in [-0.4, -0.2) is 50.2 Å². The van der Waals surface area contributed by atoms with E-state index in [0.717, 1.165) is 5.56 Å². The fraction of sp³-hybridized carbons (Fsp3) is 0.211. The predicted octanol–water partition coefficient (Wildman–Crippen LogP) is 1.58. The molecule has 9 nitrogen and oxygen atoms in total. The summed E-state index contributed by atoms with van der Waals surface area (Å²) in [5.41, 5.74) is 1.43. The summed E-state index contributed by atoms with van der Waals surface area (Å²) >= 11 is 0. The van der Waals surface area contributed by atoms with Crippen molar-refractivity contribution in [2.24, 2.45) is 0 Å². The zero-order valence-corrected chi connectivity index (χ0v) is 14.7. The minimum atomic E-state index is -1.34. The van der Waals surface area contributed by atoms with E-state index in [2.05, 4.69) is 15.5 Å². The van der Waals surface area contributed by atoms with Crippen molar-refractivity contribution in [1.82, 2.24) is 15.5 Å². The highest BCUT2D eigenvalue weighted by molar-refractivity contribution is 6.01. The summed E-state index contributed by atoms with van der Waals surface area (Å²) in [6, 6.07) is 13.6. The van der Waals surface area contributed by atoms with Crippen molar-refractivity contribution in [3.8, 4) is 0 Å². The number of benzene rings is 2. The zero-order chi connectivity index (χ0) is 20.1. The van der Waals surface area contributed by atoms with Crippen LogP contribution in [0.15, 0.2) is 48.5 Å². The number of fused-ring (bicyclic) bond motifs is 1. The van der Waals surface area contributed by atoms with Crippen LogP contribution in [0.4, 0.5) is 4.79 Å². The van der Waals surface area contributed by atoms with Gasteiger partial charge in [-0.05, 0) is 23.3 Å². The number of aliphatic hydroxyl groups excluding tert-OH is 2. The average Bonchev–Trinajstić information content (AvgIpc) is 3.14. The third-order valence-corrected chi connectivity index (χ3v) is 4.16. The van der Waals surface area contributed by atoms with Crippen LogP contribution < -0.4 is 5.32 Å². The Morgan fingerprint density at radius 3 is 2.61 bits per heavy atom. The molecule has 3 rings (SSSR count). The molecule has 0 spiro atoms. The lowest BCUT2D eigenvalue weighted by Crippen LogP contribution is -2.35. The third-order valence-electron chi connectivity index (χ3n) is 4.16. The largest absolute Gasteiger partial charge is 0.476 e. The van der Waals surface area contributed by atoms with Crippen LogP contribution in [0, 0.1) is 0 Å². The molecule has 146 valence electrons. The summed E-state index contributed by atoms with van der Waals surface area (Å²) in [5, 5.41) is 38.6. The lowest BCUT2D eigenvalue weighted by atomic mass is 10.0. The van der Waals surface area contributed by atoms with Gasteiger partial charge >= 0.3 is 12.1 Å². The number of rotatable bonds is 7. The number of nitrogens with one attached hydrogen (secondary N) is 2. The maximum absolute atomic E-state index is 11.7. The summed E-state index contributed by atoms with van der Waals surface area (Å²) < 4.78 is 5.03. The molecule has 0 radical (unpaired) electrons.